The highest BCUT2D eigenvalue weighted by atomic mass is 16.3. The summed E-state index contributed by atoms with van der Waals surface area (Å²) < 4.78 is 5.17. The van der Waals surface area contributed by atoms with E-state index >= 15 is 0 Å². The molecule has 1 amide bonds. The molecular formula is C16H17N3O2. The Balaban J connectivity index is 1.55. The summed E-state index contributed by atoms with van der Waals surface area (Å²) in [6, 6.07) is 9.50. The standard InChI is InChI=1S/C16H17N3O2/c20-16(7-6-14-4-3-13-21-14)19-11-9-18(10-12-19)15-5-1-2-8-17-15/h1-8,13H,9-12H2/b7-6+. The minimum atomic E-state index is 0.0204. The third-order valence-electron chi connectivity index (χ3n) is 3.50. The van der Waals surface area contributed by atoms with E-state index in [4.69, 9.17) is 4.42 Å². The van der Waals surface area contributed by atoms with Crippen molar-refractivity contribution < 1.29 is 9.21 Å². The molecule has 2 aromatic rings. The van der Waals surface area contributed by atoms with Gasteiger partial charge in [0.2, 0.25) is 5.91 Å². The molecule has 0 aromatic carbocycles. The molecule has 1 aliphatic heterocycles. The Morgan fingerprint density at radius 1 is 1.14 bits per heavy atom. The van der Waals surface area contributed by atoms with Gasteiger partial charge in [0, 0.05) is 38.5 Å². The summed E-state index contributed by atoms with van der Waals surface area (Å²) in [5.74, 6) is 1.68. The zero-order valence-corrected chi connectivity index (χ0v) is 11.7. The van der Waals surface area contributed by atoms with Crippen LogP contribution in [0.4, 0.5) is 5.82 Å². The van der Waals surface area contributed by atoms with Crippen LogP contribution in [0.5, 0.6) is 0 Å². The lowest BCUT2D eigenvalue weighted by atomic mass is 10.3. The first-order chi connectivity index (χ1) is 10.3. The quantitative estimate of drug-likeness (QED) is 0.809. The lowest BCUT2D eigenvalue weighted by molar-refractivity contribution is -0.126. The monoisotopic (exact) mass is 283 g/mol. The molecule has 3 rings (SSSR count). The van der Waals surface area contributed by atoms with Gasteiger partial charge in [-0.3, -0.25) is 4.79 Å². The van der Waals surface area contributed by atoms with Crippen LogP contribution in [-0.2, 0) is 4.79 Å². The molecule has 0 bridgehead atoms. The molecule has 1 fully saturated rings. The van der Waals surface area contributed by atoms with E-state index in [-0.39, 0.29) is 5.91 Å². The number of anilines is 1. The van der Waals surface area contributed by atoms with Gasteiger partial charge < -0.3 is 14.2 Å². The Hall–Kier alpha value is -2.56. The van der Waals surface area contributed by atoms with Crippen molar-refractivity contribution in [2.45, 2.75) is 0 Å². The molecule has 5 heteroatoms. The molecule has 3 heterocycles. The van der Waals surface area contributed by atoms with E-state index in [1.807, 2.05) is 29.2 Å². The van der Waals surface area contributed by atoms with Gasteiger partial charge in [-0.05, 0) is 30.3 Å². The molecule has 0 radical (unpaired) electrons. The average molecular weight is 283 g/mol. The van der Waals surface area contributed by atoms with Crippen molar-refractivity contribution in [1.29, 1.82) is 0 Å². The zero-order valence-electron chi connectivity index (χ0n) is 11.7. The summed E-state index contributed by atoms with van der Waals surface area (Å²) in [7, 11) is 0. The average Bonchev–Trinajstić information content (AvgIpc) is 3.07. The number of hydrogen-bond donors (Lipinski definition) is 0. The van der Waals surface area contributed by atoms with Gasteiger partial charge in [-0.1, -0.05) is 6.07 Å². The third kappa shape index (κ3) is 3.31. The molecule has 108 valence electrons. The first kappa shape index (κ1) is 13.4. The summed E-state index contributed by atoms with van der Waals surface area (Å²) in [6.45, 7) is 3.02. The van der Waals surface area contributed by atoms with Crippen LogP contribution in [0, 0.1) is 0 Å². The summed E-state index contributed by atoms with van der Waals surface area (Å²) in [6.07, 6.45) is 6.65. The van der Waals surface area contributed by atoms with Crippen molar-refractivity contribution in [3.63, 3.8) is 0 Å². The van der Waals surface area contributed by atoms with Crippen LogP contribution in [0.1, 0.15) is 5.76 Å². The smallest absolute Gasteiger partial charge is 0.246 e. The first-order valence-corrected chi connectivity index (χ1v) is 6.99. The minimum Gasteiger partial charge on any atom is -0.465 e. The van der Waals surface area contributed by atoms with Crippen LogP contribution in [0.15, 0.2) is 53.3 Å². The predicted octanol–water partition coefficient (Wildman–Crippen LogP) is 2.04. The van der Waals surface area contributed by atoms with Gasteiger partial charge >= 0.3 is 0 Å². The molecule has 21 heavy (non-hydrogen) atoms. The molecular weight excluding hydrogens is 266 g/mol. The van der Waals surface area contributed by atoms with Crippen LogP contribution in [0.2, 0.25) is 0 Å². The number of piperazine rings is 1. The van der Waals surface area contributed by atoms with Crippen molar-refractivity contribution in [2.75, 3.05) is 31.1 Å². The number of carbonyl (C=O) groups excluding carboxylic acids is 1. The normalized spacial score (nSPS) is 15.6. The second-order valence-electron chi connectivity index (χ2n) is 4.85. The van der Waals surface area contributed by atoms with Gasteiger partial charge in [0.15, 0.2) is 0 Å². The van der Waals surface area contributed by atoms with E-state index < -0.39 is 0 Å². The highest BCUT2D eigenvalue weighted by molar-refractivity contribution is 5.91. The molecule has 0 unspecified atom stereocenters. The van der Waals surface area contributed by atoms with E-state index in [1.54, 1.807) is 30.7 Å². The van der Waals surface area contributed by atoms with Gasteiger partial charge in [-0.15, -0.1) is 0 Å². The van der Waals surface area contributed by atoms with Crippen molar-refractivity contribution in [3.05, 3.63) is 54.6 Å². The maximum absolute atomic E-state index is 12.1. The number of hydrogen-bond acceptors (Lipinski definition) is 4. The Labute approximate surface area is 123 Å². The van der Waals surface area contributed by atoms with E-state index in [2.05, 4.69) is 9.88 Å². The van der Waals surface area contributed by atoms with Gasteiger partial charge in [-0.25, -0.2) is 4.98 Å². The maximum atomic E-state index is 12.1. The van der Waals surface area contributed by atoms with E-state index in [0.29, 0.717) is 18.8 Å². The molecule has 0 aliphatic carbocycles. The van der Waals surface area contributed by atoms with Crippen molar-refractivity contribution >= 4 is 17.8 Å². The predicted molar refractivity (Wildman–Crippen MR) is 80.8 cm³/mol. The van der Waals surface area contributed by atoms with Crippen LogP contribution in [0.25, 0.3) is 6.08 Å². The number of carbonyl (C=O) groups is 1. The SMILES string of the molecule is O=C(/C=C/c1ccco1)N1CCN(c2ccccn2)CC1. The van der Waals surface area contributed by atoms with Crippen LogP contribution in [0.3, 0.4) is 0 Å². The number of furan rings is 1. The Morgan fingerprint density at radius 2 is 2.00 bits per heavy atom. The fourth-order valence-corrected chi connectivity index (χ4v) is 2.34. The Morgan fingerprint density at radius 3 is 2.67 bits per heavy atom. The van der Waals surface area contributed by atoms with Crippen molar-refractivity contribution in [1.82, 2.24) is 9.88 Å². The van der Waals surface area contributed by atoms with E-state index in [1.165, 1.54) is 0 Å². The number of aromatic nitrogens is 1. The van der Waals surface area contributed by atoms with Crippen molar-refractivity contribution in [3.8, 4) is 0 Å². The molecule has 0 N–H and O–H groups in total. The lowest BCUT2D eigenvalue weighted by Crippen LogP contribution is -2.48. The lowest BCUT2D eigenvalue weighted by Gasteiger charge is -2.34. The topological polar surface area (TPSA) is 49.6 Å². The van der Waals surface area contributed by atoms with Crippen LogP contribution >= 0.6 is 0 Å². The Bertz CT molecular complexity index is 600. The molecule has 0 saturated carbocycles. The summed E-state index contributed by atoms with van der Waals surface area (Å²) >= 11 is 0. The van der Waals surface area contributed by atoms with Crippen LogP contribution in [-0.4, -0.2) is 42.0 Å². The Kier molecular flexibility index (Phi) is 4.00. The number of amides is 1. The maximum Gasteiger partial charge on any atom is 0.246 e. The van der Waals surface area contributed by atoms with Crippen molar-refractivity contribution in [2.24, 2.45) is 0 Å². The number of pyridine rings is 1. The third-order valence-corrected chi connectivity index (χ3v) is 3.50. The number of rotatable bonds is 3. The van der Waals surface area contributed by atoms with E-state index in [9.17, 15) is 4.79 Å². The fraction of sp³-hybridized carbons (Fsp3) is 0.250. The van der Waals surface area contributed by atoms with Gasteiger partial charge in [0.05, 0.1) is 6.26 Å². The highest BCUT2D eigenvalue weighted by Gasteiger charge is 2.20. The van der Waals surface area contributed by atoms with E-state index in [0.717, 1.165) is 18.9 Å². The minimum absolute atomic E-state index is 0.0204. The molecule has 0 spiro atoms. The second-order valence-corrected chi connectivity index (χ2v) is 4.85. The largest absolute Gasteiger partial charge is 0.465 e. The molecule has 1 saturated heterocycles. The summed E-state index contributed by atoms with van der Waals surface area (Å²) in [5.41, 5.74) is 0. The highest BCUT2D eigenvalue weighted by Crippen LogP contribution is 2.13. The second kappa shape index (κ2) is 6.26. The van der Waals surface area contributed by atoms with Gasteiger partial charge in [0.1, 0.15) is 11.6 Å². The van der Waals surface area contributed by atoms with Gasteiger partial charge in [0.25, 0.3) is 0 Å². The fourth-order valence-electron chi connectivity index (χ4n) is 2.34. The van der Waals surface area contributed by atoms with Crippen LogP contribution < -0.4 is 4.90 Å². The summed E-state index contributed by atoms with van der Waals surface area (Å²) in [5, 5.41) is 0. The molecule has 0 atom stereocenters. The molecule has 5 nitrogen and oxygen atoms in total. The molecule has 2 aromatic heterocycles. The number of nitrogens with zero attached hydrogens (tertiary/aromatic N) is 3. The molecule has 1 aliphatic rings. The summed E-state index contributed by atoms with van der Waals surface area (Å²) in [4.78, 5) is 20.5. The first-order valence-electron chi connectivity index (χ1n) is 6.99. The zero-order chi connectivity index (χ0) is 14.5. The van der Waals surface area contributed by atoms with Gasteiger partial charge in [-0.2, -0.15) is 0 Å².